The van der Waals surface area contributed by atoms with Gasteiger partial charge in [-0.15, -0.1) is 10.2 Å². The smallest absolute Gasteiger partial charge is 0.210 e. The number of aliphatic hydroxyl groups is 2. The molecule has 2 aliphatic rings. The third-order valence-corrected chi connectivity index (χ3v) is 12.2. The molecule has 0 amide bonds. The van der Waals surface area contributed by atoms with Gasteiger partial charge in [0.1, 0.15) is 22.7 Å². The van der Waals surface area contributed by atoms with E-state index in [1.54, 1.807) is 58.2 Å². The number of halogens is 8. The maximum Gasteiger partial charge on any atom is 0.210 e. The third kappa shape index (κ3) is 9.25. The highest BCUT2D eigenvalue weighted by molar-refractivity contribution is 5.76. The molecular formula is C50H42F8N10O4. The van der Waals surface area contributed by atoms with Gasteiger partial charge in [0.2, 0.25) is 11.6 Å². The summed E-state index contributed by atoms with van der Waals surface area (Å²) in [5.74, 6) is -10.4. The van der Waals surface area contributed by atoms with Crippen molar-refractivity contribution in [3.05, 3.63) is 178 Å². The summed E-state index contributed by atoms with van der Waals surface area (Å²) in [5.41, 5.74) is -0.353. The van der Waals surface area contributed by atoms with Crippen LogP contribution in [0.15, 0.2) is 85.7 Å². The second kappa shape index (κ2) is 19.3. The molecule has 10 rings (SSSR count). The van der Waals surface area contributed by atoms with Crippen molar-refractivity contribution in [2.45, 2.75) is 63.8 Å². The SMILES string of the molecule is COc1cc(/C=C(\F)c2nc3n(n2)CCC[C@@]3(O)c2cc(F)c(F)c(F)c2)ccc1-n1cnc(C)c1.COc1cc(/C=C(\F)c2nc3n(n2)CCC[C@]3(O)c2cc(F)c(F)c(F)c2)ccc1-n1cnc(C)c1. The van der Waals surface area contributed by atoms with Crippen LogP contribution in [0.25, 0.3) is 35.2 Å². The fourth-order valence-corrected chi connectivity index (χ4v) is 8.66. The van der Waals surface area contributed by atoms with E-state index in [0.29, 0.717) is 72.8 Å². The van der Waals surface area contributed by atoms with Crippen LogP contribution in [-0.2, 0) is 24.3 Å². The molecule has 0 unspecified atom stereocenters. The molecule has 0 radical (unpaired) electrons. The minimum Gasteiger partial charge on any atom is -0.495 e. The highest BCUT2D eigenvalue weighted by Gasteiger charge is 2.43. The first kappa shape index (κ1) is 49.0. The lowest BCUT2D eigenvalue weighted by molar-refractivity contribution is 0.0385. The third-order valence-electron chi connectivity index (χ3n) is 12.2. The number of benzene rings is 4. The van der Waals surface area contributed by atoms with Crippen molar-refractivity contribution in [1.82, 2.24) is 48.6 Å². The summed E-state index contributed by atoms with van der Waals surface area (Å²) >= 11 is 0. The average Bonchev–Trinajstić information content (AvgIpc) is 4.20. The van der Waals surface area contributed by atoms with Crippen molar-refractivity contribution in [3.63, 3.8) is 0 Å². The Balaban J connectivity index is 0.000000178. The second-order valence-electron chi connectivity index (χ2n) is 17.1. The van der Waals surface area contributed by atoms with Crippen molar-refractivity contribution >= 4 is 23.8 Å². The molecule has 4 aromatic carbocycles. The van der Waals surface area contributed by atoms with E-state index in [4.69, 9.17) is 9.47 Å². The minimum absolute atomic E-state index is 0.0490. The van der Waals surface area contributed by atoms with Crippen LogP contribution in [0, 0.1) is 48.8 Å². The molecule has 2 N–H and O–H groups in total. The lowest BCUT2D eigenvalue weighted by atomic mass is 9.86. The van der Waals surface area contributed by atoms with E-state index >= 15 is 8.78 Å². The second-order valence-corrected chi connectivity index (χ2v) is 17.1. The largest absolute Gasteiger partial charge is 0.495 e. The fraction of sp³-hybridized carbons (Fsp3) is 0.240. The van der Waals surface area contributed by atoms with Crippen molar-refractivity contribution in [1.29, 1.82) is 0 Å². The van der Waals surface area contributed by atoms with Gasteiger partial charge in [0.05, 0.1) is 49.6 Å². The van der Waals surface area contributed by atoms with Gasteiger partial charge in [-0.2, -0.15) is 0 Å². The van der Waals surface area contributed by atoms with Crippen molar-refractivity contribution in [2.75, 3.05) is 14.2 Å². The van der Waals surface area contributed by atoms with Crippen LogP contribution in [0.1, 0.15) is 82.6 Å². The molecule has 8 aromatic rings. The van der Waals surface area contributed by atoms with Crippen LogP contribution in [0.2, 0.25) is 0 Å². The number of nitrogens with zero attached hydrogens (tertiary/aromatic N) is 10. The molecule has 0 bridgehead atoms. The summed E-state index contributed by atoms with van der Waals surface area (Å²) in [5, 5.41) is 30.8. The van der Waals surface area contributed by atoms with E-state index in [-0.39, 0.29) is 47.3 Å². The summed E-state index contributed by atoms with van der Waals surface area (Å²) in [6, 6.07) is 13.0. The van der Waals surface area contributed by atoms with E-state index in [2.05, 4.69) is 30.1 Å². The van der Waals surface area contributed by atoms with Crippen molar-refractivity contribution in [2.24, 2.45) is 0 Å². The number of ether oxygens (including phenoxy) is 2. The van der Waals surface area contributed by atoms with Crippen molar-refractivity contribution < 1.29 is 54.8 Å². The number of rotatable bonds is 10. The maximum atomic E-state index is 15.2. The molecule has 0 saturated carbocycles. The van der Waals surface area contributed by atoms with E-state index in [9.17, 15) is 36.6 Å². The maximum absolute atomic E-state index is 15.2. The Labute approximate surface area is 404 Å². The summed E-state index contributed by atoms with van der Waals surface area (Å²) in [7, 11) is 3.00. The number of fused-ring (bicyclic) bond motifs is 2. The lowest BCUT2D eigenvalue weighted by Crippen LogP contribution is -2.36. The van der Waals surface area contributed by atoms with Gasteiger partial charge in [-0.1, -0.05) is 12.1 Å². The number of methoxy groups -OCH3 is 2. The van der Waals surface area contributed by atoms with Gasteiger partial charge in [0, 0.05) is 25.5 Å². The lowest BCUT2D eigenvalue weighted by Gasteiger charge is -2.31. The quantitative estimate of drug-likeness (QED) is 0.100. The van der Waals surface area contributed by atoms with Gasteiger partial charge >= 0.3 is 0 Å². The molecule has 0 aliphatic carbocycles. The Morgan fingerprint density at radius 1 is 0.583 bits per heavy atom. The molecule has 2 atom stereocenters. The van der Waals surface area contributed by atoms with Crippen LogP contribution >= 0.6 is 0 Å². The van der Waals surface area contributed by atoms with Crippen LogP contribution in [0.4, 0.5) is 35.1 Å². The molecule has 372 valence electrons. The van der Waals surface area contributed by atoms with E-state index < -0.39 is 57.8 Å². The van der Waals surface area contributed by atoms with Crippen LogP contribution in [-0.4, -0.2) is 73.1 Å². The Kier molecular flexibility index (Phi) is 13.2. The van der Waals surface area contributed by atoms with Gasteiger partial charge in [0.15, 0.2) is 58.2 Å². The molecule has 0 saturated heterocycles. The molecule has 72 heavy (non-hydrogen) atoms. The Hall–Kier alpha value is -7.98. The Bertz CT molecular complexity index is 3170. The van der Waals surface area contributed by atoms with E-state index in [0.717, 1.165) is 22.8 Å². The first-order valence-corrected chi connectivity index (χ1v) is 22.2. The zero-order valence-electron chi connectivity index (χ0n) is 38.7. The van der Waals surface area contributed by atoms with Gasteiger partial charge in [-0.3, -0.25) is 0 Å². The van der Waals surface area contributed by atoms with Gasteiger partial charge in [-0.05, 0) is 122 Å². The van der Waals surface area contributed by atoms with Gasteiger partial charge < -0.3 is 28.8 Å². The number of aromatic nitrogens is 10. The average molecular weight is 999 g/mol. The normalized spacial score (nSPS) is 17.8. The molecule has 6 heterocycles. The molecule has 4 aromatic heterocycles. The fourth-order valence-electron chi connectivity index (χ4n) is 8.66. The van der Waals surface area contributed by atoms with Gasteiger partial charge in [-0.25, -0.2) is 64.4 Å². The highest BCUT2D eigenvalue weighted by Crippen LogP contribution is 2.40. The zero-order valence-corrected chi connectivity index (χ0v) is 38.7. The molecule has 14 nitrogen and oxygen atoms in total. The summed E-state index contributed by atoms with van der Waals surface area (Å²) in [6.07, 6.45) is 10.2. The monoisotopic (exact) mass is 998 g/mol. The summed E-state index contributed by atoms with van der Waals surface area (Å²) in [6.45, 7) is 4.35. The minimum atomic E-state index is -1.97. The number of imidazole rings is 2. The number of hydrogen-bond acceptors (Lipinski definition) is 10. The van der Waals surface area contributed by atoms with E-state index in [1.165, 1.54) is 35.7 Å². The summed E-state index contributed by atoms with van der Waals surface area (Å²) < 4.78 is 130. The first-order chi connectivity index (χ1) is 34.4. The van der Waals surface area contributed by atoms with Crippen LogP contribution in [0.5, 0.6) is 11.5 Å². The standard InChI is InChI=1S/2C25H21F4N5O2/c2*1-14-12-33(13-30-14)20-5-4-15(9-21(20)36-2)8-19(28)23-31-24-25(35,6-3-7-34(24)32-23)16-10-17(26)22(29)18(27)11-16/h2*4-5,8-13,35H,3,6-7H2,1-2H3/b2*19-8-/t2*25-/m10/s1. The molecule has 0 fully saturated rings. The van der Waals surface area contributed by atoms with E-state index in [1.807, 2.05) is 26.2 Å². The topological polar surface area (TPSA) is 156 Å². The molecular weight excluding hydrogens is 957 g/mol. The Morgan fingerprint density at radius 2 is 0.958 bits per heavy atom. The predicted molar refractivity (Wildman–Crippen MR) is 245 cm³/mol. The highest BCUT2D eigenvalue weighted by atomic mass is 19.2. The number of aryl methyl sites for hydroxylation is 4. The Morgan fingerprint density at radius 3 is 1.29 bits per heavy atom. The van der Waals surface area contributed by atoms with Crippen LogP contribution in [0.3, 0.4) is 0 Å². The molecule has 22 heteroatoms. The zero-order chi connectivity index (χ0) is 51.2. The molecule has 2 aliphatic heterocycles. The first-order valence-electron chi connectivity index (χ1n) is 22.2. The number of hydrogen-bond donors (Lipinski definition) is 2. The summed E-state index contributed by atoms with van der Waals surface area (Å²) in [4.78, 5) is 16.7. The predicted octanol–water partition coefficient (Wildman–Crippen LogP) is 9.39. The van der Waals surface area contributed by atoms with Crippen LogP contribution < -0.4 is 9.47 Å². The molecule has 0 spiro atoms. The van der Waals surface area contributed by atoms with Gasteiger partial charge in [0.25, 0.3) is 0 Å². The van der Waals surface area contributed by atoms with Crippen molar-refractivity contribution in [3.8, 4) is 22.9 Å².